The smallest absolute Gasteiger partial charge is 0.342 e. The standard InChI is InChI=1S/C20H21N5O4/c1-2-21-20(28)25-16(12-4-3-5-12)11-15(24-25)14-7-6-13(10-17(14)26)23-19(27)18-8-9-22-29-18/h6-12,26H,2-5H2,1H3,(H,21,28)(H,23,27). The monoisotopic (exact) mass is 395 g/mol. The van der Waals surface area contributed by atoms with Crippen LogP contribution in [0.3, 0.4) is 0 Å². The van der Waals surface area contributed by atoms with Crippen LogP contribution in [-0.2, 0) is 0 Å². The van der Waals surface area contributed by atoms with Crippen LogP contribution in [0.2, 0.25) is 0 Å². The lowest BCUT2D eigenvalue weighted by atomic mass is 9.82. The molecule has 3 aromatic rings. The topological polar surface area (TPSA) is 122 Å². The summed E-state index contributed by atoms with van der Waals surface area (Å²) in [5.74, 6) is -0.163. The summed E-state index contributed by atoms with van der Waals surface area (Å²) in [5.41, 5.74) is 2.23. The summed E-state index contributed by atoms with van der Waals surface area (Å²) in [6.07, 6.45) is 4.54. The molecule has 2 heterocycles. The molecule has 0 bridgehead atoms. The van der Waals surface area contributed by atoms with Crippen molar-refractivity contribution >= 4 is 17.6 Å². The first-order valence-electron chi connectivity index (χ1n) is 9.50. The van der Waals surface area contributed by atoms with E-state index in [0.29, 0.717) is 29.4 Å². The number of hydrogen-bond acceptors (Lipinski definition) is 6. The third-order valence-corrected chi connectivity index (χ3v) is 4.97. The number of anilines is 1. The average molecular weight is 395 g/mol. The quantitative estimate of drug-likeness (QED) is 0.609. The number of hydrogen-bond donors (Lipinski definition) is 3. The van der Waals surface area contributed by atoms with E-state index in [-0.39, 0.29) is 17.5 Å². The van der Waals surface area contributed by atoms with Crippen LogP contribution >= 0.6 is 0 Å². The maximum absolute atomic E-state index is 12.4. The van der Waals surface area contributed by atoms with Gasteiger partial charge in [0.2, 0.25) is 5.76 Å². The SMILES string of the molecule is CCNC(=O)n1nc(-c2ccc(NC(=O)c3ccno3)cc2O)cc1C1CCC1. The zero-order valence-electron chi connectivity index (χ0n) is 15.9. The molecule has 1 aromatic carbocycles. The molecule has 1 aliphatic rings. The van der Waals surface area contributed by atoms with Crippen molar-refractivity contribution in [3.63, 3.8) is 0 Å². The Balaban J connectivity index is 1.61. The van der Waals surface area contributed by atoms with E-state index in [0.717, 1.165) is 25.0 Å². The summed E-state index contributed by atoms with van der Waals surface area (Å²) in [4.78, 5) is 24.4. The number of carbonyl (C=O) groups excluding carboxylic acids is 2. The van der Waals surface area contributed by atoms with Crippen LogP contribution in [0, 0.1) is 0 Å². The number of benzene rings is 1. The van der Waals surface area contributed by atoms with E-state index in [1.165, 1.54) is 23.0 Å². The number of amides is 2. The van der Waals surface area contributed by atoms with Crippen LogP contribution in [0.1, 0.15) is 48.4 Å². The summed E-state index contributed by atoms with van der Waals surface area (Å²) in [7, 11) is 0. The molecule has 1 fully saturated rings. The van der Waals surface area contributed by atoms with Gasteiger partial charge in [0, 0.05) is 35.8 Å². The molecule has 0 unspecified atom stereocenters. The molecule has 9 nitrogen and oxygen atoms in total. The maximum atomic E-state index is 12.4. The second kappa shape index (κ2) is 7.78. The van der Waals surface area contributed by atoms with E-state index in [4.69, 9.17) is 4.52 Å². The Kier molecular flexibility index (Phi) is 5.03. The Morgan fingerprint density at radius 2 is 2.10 bits per heavy atom. The van der Waals surface area contributed by atoms with Crippen LogP contribution in [0.25, 0.3) is 11.3 Å². The van der Waals surface area contributed by atoms with Crippen molar-refractivity contribution in [1.29, 1.82) is 0 Å². The summed E-state index contributed by atoms with van der Waals surface area (Å²) < 4.78 is 6.20. The molecule has 0 atom stereocenters. The summed E-state index contributed by atoms with van der Waals surface area (Å²) in [5, 5.41) is 23.8. The third-order valence-electron chi connectivity index (χ3n) is 4.97. The van der Waals surface area contributed by atoms with Crippen LogP contribution in [-0.4, -0.2) is 38.5 Å². The second-order valence-electron chi connectivity index (χ2n) is 6.89. The fourth-order valence-corrected chi connectivity index (χ4v) is 3.26. The third kappa shape index (κ3) is 3.71. The summed E-state index contributed by atoms with van der Waals surface area (Å²) >= 11 is 0. The molecule has 0 spiro atoms. The maximum Gasteiger partial charge on any atom is 0.342 e. The van der Waals surface area contributed by atoms with Crippen molar-refractivity contribution < 1.29 is 19.2 Å². The first-order valence-corrected chi connectivity index (χ1v) is 9.50. The number of nitrogens with one attached hydrogen (secondary N) is 2. The van der Waals surface area contributed by atoms with E-state index >= 15 is 0 Å². The van der Waals surface area contributed by atoms with E-state index in [9.17, 15) is 14.7 Å². The highest BCUT2D eigenvalue weighted by Crippen LogP contribution is 2.39. The number of phenols is 1. The van der Waals surface area contributed by atoms with Crippen molar-refractivity contribution in [2.24, 2.45) is 0 Å². The molecular weight excluding hydrogens is 374 g/mol. The average Bonchev–Trinajstić information content (AvgIpc) is 3.31. The molecule has 29 heavy (non-hydrogen) atoms. The van der Waals surface area contributed by atoms with Gasteiger partial charge in [-0.15, -0.1) is 0 Å². The lowest BCUT2D eigenvalue weighted by Crippen LogP contribution is -2.31. The molecule has 0 radical (unpaired) electrons. The van der Waals surface area contributed by atoms with Crippen molar-refractivity contribution in [2.75, 3.05) is 11.9 Å². The molecule has 0 aliphatic heterocycles. The zero-order valence-corrected chi connectivity index (χ0v) is 15.9. The van der Waals surface area contributed by atoms with Crippen LogP contribution in [0.5, 0.6) is 5.75 Å². The van der Waals surface area contributed by atoms with Gasteiger partial charge in [0.15, 0.2) is 0 Å². The van der Waals surface area contributed by atoms with E-state index < -0.39 is 5.91 Å². The molecule has 1 aliphatic carbocycles. The minimum Gasteiger partial charge on any atom is -0.507 e. The van der Waals surface area contributed by atoms with Crippen LogP contribution < -0.4 is 10.6 Å². The molecule has 9 heteroatoms. The Labute approximate surface area is 166 Å². The van der Waals surface area contributed by atoms with Gasteiger partial charge in [0.05, 0.1) is 17.6 Å². The predicted octanol–water partition coefficient (Wildman–Crippen LogP) is 3.34. The fraction of sp³-hybridized carbons (Fsp3) is 0.300. The minimum atomic E-state index is -0.470. The van der Waals surface area contributed by atoms with E-state index in [2.05, 4.69) is 20.9 Å². The Hall–Kier alpha value is -3.62. The van der Waals surface area contributed by atoms with Crippen LogP contribution in [0.4, 0.5) is 10.5 Å². The molecule has 2 amide bonds. The highest BCUT2D eigenvalue weighted by molar-refractivity contribution is 6.02. The van der Waals surface area contributed by atoms with E-state index in [1.54, 1.807) is 12.1 Å². The number of phenolic OH excluding ortho intramolecular Hbond substituents is 1. The molecule has 1 saturated carbocycles. The summed E-state index contributed by atoms with van der Waals surface area (Å²) in [6.45, 7) is 2.35. The van der Waals surface area contributed by atoms with Crippen molar-refractivity contribution in [2.45, 2.75) is 32.1 Å². The van der Waals surface area contributed by atoms with Crippen molar-refractivity contribution in [1.82, 2.24) is 20.3 Å². The number of rotatable bonds is 5. The number of aromatic nitrogens is 3. The number of nitrogens with zero attached hydrogens (tertiary/aromatic N) is 3. The molecule has 0 saturated heterocycles. The van der Waals surface area contributed by atoms with Gasteiger partial charge < -0.3 is 20.3 Å². The molecule has 150 valence electrons. The normalized spacial score (nSPS) is 13.7. The van der Waals surface area contributed by atoms with Crippen LogP contribution in [0.15, 0.2) is 41.1 Å². The molecule has 2 aromatic heterocycles. The zero-order chi connectivity index (χ0) is 20.4. The van der Waals surface area contributed by atoms with Gasteiger partial charge in [-0.25, -0.2) is 4.79 Å². The highest BCUT2D eigenvalue weighted by atomic mass is 16.5. The van der Waals surface area contributed by atoms with E-state index in [1.807, 2.05) is 13.0 Å². The largest absolute Gasteiger partial charge is 0.507 e. The molecule has 4 rings (SSSR count). The molecular formula is C20H21N5O4. The first-order chi connectivity index (χ1) is 14.1. The second-order valence-corrected chi connectivity index (χ2v) is 6.89. The Morgan fingerprint density at radius 1 is 1.28 bits per heavy atom. The van der Waals surface area contributed by atoms with Gasteiger partial charge in [-0.05, 0) is 38.0 Å². The minimum absolute atomic E-state index is 0.0546. The van der Waals surface area contributed by atoms with Gasteiger partial charge in [0.1, 0.15) is 5.75 Å². The van der Waals surface area contributed by atoms with Gasteiger partial charge >= 0.3 is 6.03 Å². The predicted molar refractivity (Wildman–Crippen MR) is 105 cm³/mol. The number of aromatic hydroxyl groups is 1. The van der Waals surface area contributed by atoms with Gasteiger partial charge in [0.25, 0.3) is 5.91 Å². The van der Waals surface area contributed by atoms with Crippen molar-refractivity contribution in [3.05, 3.63) is 48.0 Å². The Bertz CT molecular complexity index is 1040. The summed E-state index contributed by atoms with van der Waals surface area (Å²) in [6, 6.07) is 7.74. The lowest BCUT2D eigenvalue weighted by molar-refractivity contribution is 0.0988. The first kappa shape index (κ1) is 18.7. The van der Waals surface area contributed by atoms with Gasteiger partial charge in [-0.1, -0.05) is 11.6 Å². The van der Waals surface area contributed by atoms with Gasteiger partial charge in [-0.2, -0.15) is 9.78 Å². The lowest BCUT2D eigenvalue weighted by Gasteiger charge is -2.25. The molecule has 3 N–H and O–H groups in total. The van der Waals surface area contributed by atoms with Crippen molar-refractivity contribution in [3.8, 4) is 17.0 Å². The fourth-order valence-electron chi connectivity index (χ4n) is 3.26. The Morgan fingerprint density at radius 3 is 2.72 bits per heavy atom. The highest BCUT2D eigenvalue weighted by Gasteiger charge is 2.27. The number of carbonyl (C=O) groups is 2. The van der Waals surface area contributed by atoms with Gasteiger partial charge in [-0.3, -0.25) is 4.79 Å².